The first-order chi connectivity index (χ1) is 7.62. The summed E-state index contributed by atoms with van der Waals surface area (Å²) in [6, 6.07) is 0. The fourth-order valence-electron chi connectivity index (χ4n) is 1.40. The van der Waals surface area contributed by atoms with E-state index in [1.54, 1.807) is 18.4 Å². The number of primary amides is 1. The molecule has 6 heteroatoms. The molecule has 5 nitrogen and oxygen atoms in total. The molecule has 0 aliphatic carbocycles. The molecule has 84 valence electrons. The maximum atomic E-state index is 14.4. The lowest BCUT2D eigenvalue weighted by atomic mass is 10.1. The molecule has 1 atom stereocenters. The van der Waals surface area contributed by atoms with Crippen LogP contribution in [0.15, 0.2) is 48.5 Å². The van der Waals surface area contributed by atoms with E-state index in [2.05, 4.69) is 10.7 Å². The van der Waals surface area contributed by atoms with Gasteiger partial charge in [0, 0.05) is 30.2 Å². The van der Waals surface area contributed by atoms with Crippen molar-refractivity contribution in [3.63, 3.8) is 0 Å². The van der Waals surface area contributed by atoms with Crippen LogP contribution in [-0.4, -0.2) is 16.8 Å². The van der Waals surface area contributed by atoms with Gasteiger partial charge in [-0.3, -0.25) is 4.79 Å². The van der Waals surface area contributed by atoms with Gasteiger partial charge in [-0.15, -0.1) is 0 Å². The van der Waals surface area contributed by atoms with E-state index in [0.717, 1.165) is 6.08 Å². The second-order valence-corrected chi connectivity index (χ2v) is 3.31. The topological polar surface area (TPSA) is 70.4 Å². The zero-order chi connectivity index (χ0) is 11.6. The highest BCUT2D eigenvalue weighted by Gasteiger charge is 2.35. The van der Waals surface area contributed by atoms with Crippen molar-refractivity contribution in [2.24, 2.45) is 5.73 Å². The van der Waals surface area contributed by atoms with Crippen molar-refractivity contribution in [2.75, 3.05) is 0 Å². The minimum atomic E-state index is -2.01. The van der Waals surface area contributed by atoms with Gasteiger partial charge in [-0.05, 0) is 18.2 Å². The molecule has 0 bridgehead atoms. The Bertz CT molecular complexity index is 427. The number of amides is 1. The molecular formula is C10H11FN4O. The SMILES string of the molecule is NC(=O)C1=CC(F)(N2C=CC=CN2)NC=C1. The van der Waals surface area contributed by atoms with Gasteiger partial charge in [-0.25, -0.2) is 5.01 Å². The first kappa shape index (κ1) is 10.3. The Morgan fingerprint density at radius 3 is 2.88 bits per heavy atom. The Kier molecular flexibility index (Phi) is 2.40. The van der Waals surface area contributed by atoms with Crippen LogP contribution in [0.1, 0.15) is 0 Å². The quantitative estimate of drug-likeness (QED) is 0.574. The zero-order valence-electron chi connectivity index (χ0n) is 8.35. The van der Waals surface area contributed by atoms with Crippen LogP contribution in [0.3, 0.4) is 0 Å². The van der Waals surface area contributed by atoms with Crippen LogP contribution in [0, 0.1) is 0 Å². The summed E-state index contributed by atoms with van der Waals surface area (Å²) >= 11 is 0. The largest absolute Gasteiger partial charge is 0.366 e. The van der Waals surface area contributed by atoms with E-state index in [9.17, 15) is 9.18 Å². The van der Waals surface area contributed by atoms with Crippen LogP contribution in [0.4, 0.5) is 4.39 Å². The fourth-order valence-corrected chi connectivity index (χ4v) is 1.40. The van der Waals surface area contributed by atoms with Gasteiger partial charge >= 0.3 is 0 Å². The number of nitrogens with one attached hydrogen (secondary N) is 2. The van der Waals surface area contributed by atoms with Crippen LogP contribution < -0.4 is 16.5 Å². The number of nitrogens with two attached hydrogens (primary N) is 1. The lowest BCUT2D eigenvalue weighted by molar-refractivity contribution is -0.114. The molecule has 0 saturated heterocycles. The first-order valence-corrected chi connectivity index (χ1v) is 4.66. The number of dihydropyridines is 1. The molecule has 16 heavy (non-hydrogen) atoms. The molecule has 1 amide bonds. The summed E-state index contributed by atoms with van der Waals surface area (Å²) in [4.78, 5) is 11.0. The van der Waals surface area contributed by atoms with Crippen molar-refractivity contribution in [1.82, 2.24) is 15.8 Å². The third kappa shape index (κ3) is 1.77. The number of halogens is 1. The highest BCUT2D eigenvalue weighted by atomic mass is 19.1. The average Bonchev–Trinajstić information content (AvgIpc) is 2.30. The van der Waals surface area contributed by atoms with Crippen LogP contribution in [0.2, 0.25) is 0 Å². The van der Waals surface area contributed by atoms with Gasteiger partial charge in [0.1, 0.15) is 0 Å². The van der Waals surface area contributed by atoms with Crippen LogP contribution in [-0.2, 0) is 4.79 Å². The third-order valence-electron chi connectivity index (χ3n) is 2.19. The molecule has 1 unspecified atom stereocenters. The Morgan fingerprint density at radius 2 is 2.25 bits per heavy atom. The molecule has 2 rings (SSSR count). The van der Waals surface area contributed by atoms with Crippen molar-refractivity contribution in [3.8, 4) is 0 Å². The predicted molar refractivity (Wildman–Crippen MR) is 56.6 cm³/mol. The molecule has 0 saturated carbocycles. The monoisotopic (exact) mass is 222 g/mol. The number of alkyl halides is 1. The van der Waals surface area contributed by atoms with E-state index in [1.807, 2.05) is 0 Å². The van der Waals surface area contributed by atoms with Gasteiger partial charge in [0.2, 0.25) is 5.91 Å². The highest BCUT2D eigenvalue weighted by Crippen LogP contribution is 2.21. The summed E-state index contributed by atoms with van der Waals surface area (Å²) in [6.07, 6.45) is 10.3. The second-order valence-electron chi connectivity index (χ2n) is 3.31. The number of carbonyl (C=O) groups excluding carboxylic acids is 1. The third-order valence-corrected chi connectivity index (χ3v) is 2.19. The summed E-state index contributed by atoms with van der Waals surface area (Å²) in [5.74, 6) is -2.68. The number of hydrazine groups is 1. The Balaban J connectivity index is 2.25. The molecule has 2 aliphatic rings. The van der Waals surface area contributed by atoms with E-state index in [-0.39, 0.29) is 5.57 Å². The molecular weight excluding hydrogens is 211 g/mol. The number of nitrogens with zero attached hydrogens (tertiary/aromatic N) is 1. The fraction of sp³-hybridized carbons (Fsp3) is 0.100. The first-order valence-electron chi connectivity index (χ1n) is 4.66. The molecule has 0 spiro atoms. The summed E-state index contributed by atoms with van der Waals surface area (Å²) < 4.78 is 14.4. The maximum Gasteiger partial charge on any atom is 0.295 e. The van der Waals surface area contributed by atoms with E-state index >= 15 is 0 Å². The minimum absolute atomic E-state index is 0.117. The molecule has 4 N–H and O–H groups in total. The standard InChI is InChI=1S/C10H11FN4O/c11-10(15-6-2-1-4-14-15)7-8(9(12)16)3-5-13-10/h1-7,13-14H,(H2,12,16). The molecule has 2 heterocycles. The number of hydrogen-bond acceptors (Lipinski definition) is 4. The summed E-state index contributed by atoms with van der Waals surface area (Å²) in [5, 5.41) is 3.68. The molecule has 0 aromatic carbocycles. The average molecular weight is 222 g/mol. The van der Waals surface area contributed by atoms with Crippen LogP contribution >= 0.6 is 0 Å². The normalized spacial score (nSPS) is 27.1. The van der Waals surface area contributed by atoms with Crippen molar-refractivity contribution in [1.29, 1.82) is 0 Å². The summed E-state index contributed by atoms with van der Waals surface area (Å²) in [5.41, 5.74) is 7.90. The van der Waals surface area contributed by atoms with Gasteiger partial charge in [0.25, 0.3) is 5.92 Å². The second kappa shape index (κ2) is 3.73. The summed E-state index contributed by atoms with van der Waals surface area (Å²) in [6.45, 7) is 0. The summed E-state index contributed by atoms with van der Waals surface area (Å²) in [7, 11) is 0. The van der Waals surface area contributed by atoms with Crippen LogP contribution in [0.5, 0.6) is 0 Å². The van der Waals surface area contributed by atoms with Crippen molar-refractivity contribution < 1.29 is 9.18 Å². The van der Waals surface area contributed by atoms with Crippen molar-refractivity contribution >= 4 is 5.91 Å². The van der Waals surface area contributed by atoms with Crippen LogP contribution in [0.25, 0.3) is 0 Å². The number of carbonyl (C=O) groups is 1. The Hall–Kier alpha value is -2.24. The maximum absolute atomic E-state index is 14.4. The van der Waals surface area contributed by atoms with E-state index in [1.165, 1.54) is 23.5 Å². The lowest BCUT2D eigenvalue weighted by Gasteiger charge is -2.36. The lowest BCUT2D eigenvalue weighted by Crippen LogP contribution is -2.56. The number of allylic oxidation sites excluding steroid dienone is 2. The highest BCUT2D eigenvalue weighted by molar-refractivity contribution is 5.95. The minimum Gasteiger partial charge on any atom is -0.366 e. The van der Waals surface area contributed by atoms with E-state index < -0.39 is 11.8 Å². The molecule has 0 aromatic heterocycles. The van der Waals surface area contributed by atoms with E-state index in [0.29, 0.717) is 0 Å². The van der Waals surface area contributed by atoms with Gasteiger partial charge < -0.3 is 16.5 Å². The van der Waals surface area contributed by atoms with Crippen molar-refractivity contribution in [2.45, 2.75) is 5.92 Å². The Labute approximate surface area is 91.8 Å². The van der Waals surface area contributed by atoms with Gasteiger partial charge in [-0.1, -0.05) is 0 Å². The number of hydrogen-bond donors (Lipinski definition) is 3. The van der Waals surface area contributed by atoms with Gasteiger partial charge in [0.05, 0.1) is 0 Å². The van der Waals surface area contributed by atoms with Gasteiger partial charge in [-0.2, -0.15) is 4.39 Å². The molecule has 0 fully saturated rings. The van der Waals surface area contributed by atoms with Crippen molar-refractivity contribution in [3.05, 3.63) is 48.5 Å². The zero-order valence-corrected chi connectivity index (χ0v) is 8.35. The van der Waals surface area contributed by atoms with E-state index in [4.69, 9.17) is 5.73 Å². The number of rotatable bonds is 2. The Morgan fingerprint density at radius 1 is 1.44 bits per heavy atom. The molecule has 0 aromatic rings. The molecule has 0 radical (unpaired) electrons. The smallest absolute Gasteiger partial charge is 0.295 e. The predicted octanol–water partition coefficient (Wildman–Crippen LogP) is -0.0141. The molecule has 2 aliphatic heterocycles. The van der Waals surface area contributed by atoms with Gasteiger partial charge in [0.15, 0.2) is 0 Å².